The first kappa shape index (κ1) is 11.6. The molecule has 0 fully saturated rings. The van der Waals surface area contributed by atoms with Crippen molar-refractivity contribution in [1.82, 2.24) is 0 Å². The van der Waals surface area contributed by atoms with E-state index in [0.29, 0.717) is 0 Å². The minimum absolute atomic E-state index is 0.399. The fourth-order valence-electron chi connectivity index (χ4n) is 1.67. The summed E-state index contributed by atoms with van der Waals surface area (Å²) in [5.41, 5.74) is 3.53. The highest BCUT2D eigenvalue weighted by molar-refractivity contribution is 5.65. The second kappa shape index (κ2) is 5.46. The summed E-state index contributed by atoms with van der Waals surface area (Å²) < 4.78 is 0. The molecule has 0 aromatic heterocycles. The molecule has 0 aliphatic rings. The summed E-state index contributed by atoms with van der Waals surface area (Å²) in [4.78, 5) is 0. The third kappa shape index (κ3) is 3.30. The lowest BCUT2D eigenvalue weighted by atomic mass is 10.0. The molecular weight excluding hydrogens is 208 g/mol. The van der Waals surface area contributed by atoms with Gasteiger partial charge in [-0.05, 0) is 23.6 Å². The highest BCUT2D eigenvalue weighted by Crippen LogP contribution is 2.19. The van der Waals surface area contributed by atoms with Gasteiger partial charge in [0, 0.05) is 0 Å². The smallest absolute Gasteiger partial charge is 0.0696 e. The van der Waals surface area contributed by atoms with Crippen LogP contribution < -0.4 is 0 Å². The van der Waals surface area contributed by atoms with Gasteiger partial charge in [-0.25, -0.2) is 0 Å². The number of hydrogen-bond donors (Lipinski definition) is 1. The molecule has 1 atom stereocenters. The van der Waals surface area contributed by atoms with Crippen molar-refractivity contribution in [3.8, 4) is 11.1 Å². The Morgan fingerprint density at radius 2 is 1.47 bits per heavy atom. The van der Waals surface area contributed by atoms with Gasteiger partial charge in [-0.3, -0.25) is 0 Å². The van der Waals surface area contributed by atoms with Crippen molar-refractivity contribution < 1.29 is 5.11 Å². The van der Waals surface area contributed by atoms with Gasteiger partial charge in [0.25, 0.3) is 0 Å². The van der Waals surface area contributed by atoms with E-state index in [1.807, 2.05) is 24.3 Å². The summed E-state index contributed by atoms with van der Waals surface area (Å²) in [5, 5.41) is 9.16. The maximum Gasteiger partial charge on any atom is 0.0696 e. The summed E-state index contributed by atoms with van der Waals surface area (Å²) in [6.07, 6.45) is 3.31. The largest absolute Gasteiger partial charge is 0.389 e. The predicted molar refractivity (Wildman–Crippen MR) is 72.6 cm³/mol. The van der Waals surface area contributed by atoms with Gasteiger partial charge in [-0.15, -0.1) is 0 Å². The SMILES string of the molecule is CC(O)C=Cc1ccc(-c2ccccc2)cc1. The molecule has 1 nitrogen and oxygen atoms in total. The first-order valence-corrected chi connectivity index (χ1v) is 5.77. The number of hydrogen-bond acceptors (Lipinski definition) is 1. The quantitative estimate of drug-likeness (QED) is 0.841. The van der Waals surface area contributed by atoms with Crippen LogP contribution in [0.1, 0.15) is 12.5 Å². The average Bonchev–Trinajstić information content (AvgIpc) is 2.38. The highest BCUT2D eigenvalue weighted by atomic mass is 16.3. The van der Waals surface area contributed by atoms with Crippen molar-refractivity contribution in [3.63, 3.8) is 0 Å². The van der Waals surface area contributed by atoms with Crippen LogP contribution in [0.4, 0.5) is 0 Å². The van der Waals surface area contributed by atoms with Gasteiger partial charge >= 0.3 is 0 Å². The fourth-order valence-corrected chi connectivity index (χ4v) is 1.67. The van der Waals surface area contributed by atoms with Gasteiger partial charge in [0.05, 0.1) is 6.10 Å². The van der Waals surface area contributed by atoms with Crippen LogP contribution in [-0.4, -0.2) is 11.2 Å². The highest BCUT2D eigenvalue weighted by Gasteiger charge is 1.95. The summed E-state index contributed by atoms with van der Waals surface area (Å²) in [6.45, 7) is 1.74. The number of aliphatic hydroxyl groups excluding tert-OH is 1. The number of benzene rings is 2. The zero-order chi connectivity index (χ0) is 12.1. The van der Waals surface area contributed by atoms with Crippen LogP contribution in [0, 0.1) is 0 Å². The minimum Gasteiger partial charge on any atom is -0.389 e. The number of aliphatic hydroxyl groups is 1. The minimum atomic E-state index is -0.399. The van der Waals surface area contributed by atoms with Crippen molar-refractivity contribution in [3.05, 3.63) is 66.2 Å². The Bertz CT molecular complexity index is 481. The van der Waals surface area contributed by atoms with Gasteiger partial charge in [-0.2, -0.15) is 0 Å². The molecule has 17 heavy (non-hydrogen) atoms. The van der Waals surface area contributed by atoms with Crippen LogP contribution in [0.3, 0.4) is 0 Å². The molecule has 1 heteroatoms. The Balaban J connectivity index is 2.19. The van der Waals surface area contributed by atoms with E-state index in [4.69, 9.17) is 5.11 Å². The molecule has 0 amide bonds. The van der Waals surface area contributed by atoms with Crippen LogP contribution in [0.15, 0.2) is 60.7 Å². The van der Waals surface area contributed by atoms with Crippen LogP contribution in [0.25, 0.3) is 17.2 Å². The average molecular weight is 224 g/mol. The molecular formula is C16H16O. The lowest BCUT2D eigenvalue weighted by Crippen LogP contribution is -1.91. The van der Waals surface area contributed by atoms with E-state index in [-0.39, 0.29) is 0 Å². The molecule has 86 valence electrons. The van der Waals surface area contributed by atoms with Gasteiger partial charge in [-0.1, -0.05) is 66.7 Å². The monoisotopic (exact) mass is 224 g/mol. The van der Waals surface area contributed by atoms with E-state index in [0.717, 1.165) is 5.56 Å². The first-order chi connectivity index (χ1) is 8.25. The molecule has 0 bridgehead atoms. The molecule has 0 aliphatic heterocycles. The summed E-state index contributed by atoms with van der Waals surface area (Å²) >= 11 is 0. The molecule has 0 heterocycles. The van der Waals surface area contributed by atoms with E-state index in [2.05, 4.69) is 36.4 Å². The summed E-state index contributed by atoms with van der Waals surface area (Å²) in [6, 6.07) is 18.6. The maximum atomic E-state index is 9.16. The van der Waals surface area contributed by atoms with E-state index in [9.17, 15) is 0 Å². The lowest BCUT2D eigenvalue weighted by molar-refractivity contribution is 0.245. The molecule has 0 saturated carbocycles. The Labute approximate surface area is 102 Å². The molecule has 1 unspecified atom stereocenters. The van der Waals surface area contributed by atoms with Gasteiger partial charge in [0.15, 0.2) is 0 Å². The van der Waals surface area contributed by atoms with Crippen molar-refractivity contribution in [2.45, 2.75) is 13.0 Å². The molecule has 0 saturated heterocycles. The van der Waals surface area contributed by atoms with Crippen molar-refractivity contribution in [2.24, 2.45) is 0 Å². The molecule has 1 N–H and O–H groups in total. The molecule has 2 aromatic carbocycles. The fraction of sp³-hybridized carbons (Fsp3) is 0.125. The van der Waals surface area contributed by atoms with Crippen LogP contribution in [-0.2, 0) is 0 Å². The third-order valence-electron chi connectivity index (χ3n) is 2.58. The summed E-state index contributed by atoms with van der Waals surface area (Å²) in [5.74, 6) is 0. The Hall–Kier alpha value is -1.86. The van der Waals surface area contributed by atoms with Gasteiger partial charge in [0.2, 0.25) is 0 Å². The van der Waals surface area contributed by atoms with Crippen LogP contribution in [0.5, 0.6) is 0 Å². The van der Waals surface area contributed by atoms with E-state index >= 15 is 0 Å². The lowest BCUT2D eigenvalue weighted by Gasteiger charge is -2.02. The zero-order valence-electron chi connectivity index (χ0n) is 9.88. The standard InChI is InChI=1S/C16H16O/c1-13(17)7-8-14-9-11-16(12-10-14)15-5-3-2-4-6-15/h2-13,17H,1H3. The predicted octanol–water partition coefficient (Wildman–Crippen LogP) is 3.75. The molecule has 0 spiro atoms. The second-order valence-corrected chi connectivity index (χ2v) is 4.09. The molecule has 2 rings (SSSR count). The normalized spacial score (nSPS) is 12.8. The third-order valence-corrected chi connectivity index (χ3v) is 2.58. The number of rotatable bonds is 3. The Morgan fingerprint density at radius 3 is 2.06 bits per heavy atom. The van der Waals surface area contributed by atoms with Gasteiger partial charge < -0.3 is 5.11 Å². The van der Waals surface area contributed by atoms with E-state index in [1.165, 1.54) is 11.1 Å². The van der Waals surface area contributed by atoms with Crippen molar-refractivity contribution in [2.75, 3.05) is 0 Å². The van der Waals surface area contributed by atoms with Crippen LogP contribution in [0.2, 0.25) is 0 Å². The summed E-state index contributed by atoms with van der Waals surface area (Å²) in [7, 11) is 0. The first-order valence-electron chi connectivity index (χ1n) is 5.77. The maximum absolute atomic E-state index is 9.16. The van der Waals surface area contributed by atoms with E-state index < -0.39 is 6.10 Å². The Kier molecular flexibility index (Phi) is 3.73. The molecule has 0 radical (unpaired) electrons. The molecule has 2 aromatic rings. The van der Waals surface area contributed by atoms with Crippen molar-refractivity contribution >= 4 is 6.08 Å². The molecule has 0 aliphatic carbocycles. The van der Waals surface area contributed by atoms with Gasteiger partial charge in [0.1, 0.15) is 0 Å². The Morgan fingerprint density at radius 1 is 0.882 bits per heavy atom. The van der Waals surface area contributed by atoms with Crippen LogP contribution >= 0.6 is 0 Å². The topological polar surface area (TPSA) is 20.2 Å². The van der Waals surface area contributed by atoms with Crippen molar-refractivity contribution in [1.29, 1.82) is 0 Å². The van der Waals surface area contributed by atoms with E-state index in [1.54, 1.807) is 13.0 Å². The zero-order valence-corrected chi connectivity index (χ0v) is 9.88. The second-order valence-electron chi connectivity index (χ2n) is 4.09.